The molecule has 144 valence electrons. The standard InChI is InChI=1S/C20H15I3N2O2S/c1-3-6-27-18-12(8-14(22)10-15(18)23)9-17-19(26)25(20(24)28-17)16-5-4-13(21)7-11(16)2/h3-5,7-10,24H,1,6H2,2H3/b17-9-,24-20?. The van der Waals surface area contributed by atoms with Gasteiger partial charge >= 0.3 is 0 Å². The van der Waals surface area contributed by atoms with Crippen LogP contribution in [0.1, 0.15) is 11.1 Å². The number of carbonyl (C=O) groups is 1. The van der Waals surface area contributed by atoms with Gasteiger partial charge in [-0.15, -0.1) is 0 Å². The molecule has 0 saturated carbocycles. The summed E-state index contributed by atoms with van der Waals surface area (Å²) in [5.74, 6) is 0.528. The molecule has 1 aliphatic heterocycles. The van der Waals surface area contributed by atoms with Crippen LogP contribution < -0.4 is 9.64 Å². The zero-order valence-electron chi connectivity index (χ0n) is 14.8. The number of nitrogens with zero attached hydrogens (tertiary/aromatic N) is 1. The van der Waals surface area contributed by atoms with Crippen LogP contribution >= 0.6 is 79.5 Å². The van der Waals surface area contributed by atoms with Crippen LogP contribution in [0.4, 0.5) is 5.69 Å². The van der Waals surface area contributed by atoms with Crippen molar-refractivity contribution in [1.82, 2.24) is 0 Å². The maximum absolute atomic E-state index is 13.1. The van der Waals surface area contributed by atoms with E-state index in [1.807, 2.05) is 43.3 Å². The summed E-state index contributed by atoms with van der Waals surface area (Å²) < 4.78 is 8.94. The van der Waals surface area contributed by atoms with Crippen LogP contribution in [0.3, 0.4) is 0 Å². The second-order valence-electron chi connectivity index (χ2n) is 5.89. The maximum atomic E-state index is 13.1. The van der Waals surface area contributed by atoms with Gasteiger partial charge in [-0.25, -0.2) is 0 Å². The second kappa shape index (κ2) is 9.47. The first-order valence-corrected chi connectivity index (χ1v) is 12.2. The number of hydrogen-bond acceptors (Lipinski definition) is 4. The summed E-state index contributed by atoms with van der Waals surface area (Å²) >= 11 is 7.88. The summed E-state index contributed by atoms with van der Waals surface area (Å²) in [6, 6.07) is 9.84. The molecule has 0 aliphatic carbocycles. The quantitative estimate of drug-likeness (QED) is 0.220. The monoisotopic (exact) mass is 728 g/mol. The van der Waals surface area contributed by atoms with Gasteiger partial charge in [0, 0.05) is 12.7 Å². The molecule has 1 fully saturated rings. The van der Waals surface area contributed by atoms with Crippen molar-refractivity contribution in [2.45, 2.75) is 6.92 Å². The van der Waals surface area contributed by atoms with E-state index < -0.39 is 0 Å². The van der Waals surface area contributed by atoms with Gasteiger partial charge in [-0.3, -0.25) is 15.1 Å². The van der Waals surface area contributed by atoms with Gasteiger partial charge < -0.3 is 4.74 Å². The van der Waals surface area contributed by atoms with E-state index in [1.54, 1.807) is 6.08 Å². The zero-order chi connectivity index (χ0) is 20.4. The summed E-state index contributed by atoms with van der Waals surface area (Å²) in [4.78, 5) is 15.1. The molecular weight excluding hydrogens is 713 g/mol. The van der Waals surface area contributed by atoms with Crippen molar-refractivity contribution < 1.29 is 9.53 Å². The molecule has 0 unspecified atom stereocenters. The molecule has 2 aromatic rings. The molecule has 28 heavy (non-hydrogen) atoms. The number of halogens is 3. The van der Waals surface area contributed by atoms with E-state index in [2.05, 4.69) is 74.4 Å². The summed E-state index contributed by atoms with van der Waals surface area (Å²) in [5, 5.41) is 8.55. The average molecular weight is 728 g/mol. The highest BCUT2D eigenvalue weighted by atomic mass is 127. The number of rotatable bonds is 5. The first kappa shape index (κ1) is 22.1. The van der Waals surface area contributed by atoms with Gasteiger partial charge in [-0.05, 0) is 128 Å². The van der Waals surface area contributed by atoms with E-state index in [0.717, 1.165) is 33.3 Å². The Hall–Kier alpha value is -0.600. The molecule has 0 aromatic heterocycles. The molecule has 1 saturated heterocycles. The smallest absolute Gasteiger partial charge is 0.271 e. The maximum Gasteiger partial charge on any atom is 0.271 e. The minimum absolute atomic E-state index is 0.192. The Labute approximate surface area is 209 Å². The fraction of sp³-hybridized carbons (Fsp3) is 0.100. The van der Waals surface area contributed by atoms with Crippen LogP contribution in [-0.2, 0) is 4.79 Å². The number of anilines is 1. The Kier molecular flexibility index (Phi) is 7.48. The molecule has 2 aromatic carbocycles. The molecule has 8 heteroatoms. The molecule has 3 rings (SSSR count). The van der Waals surface area contributed by atoms with E-state index in [1.165, 1.54) is 16.7 Å². The zero-order valence-corrected chi connectivity index (χ0v) is 22.1. The third kappa shape index (κ3) is 4.75. The van der Waals surface area contributed by atoms with Crippen LogP contribution in [0.25, 0.3) is 6.08 Å². The Morgan fingerprint density at radius 2 is 1.96 bits per heavy atom. The van der Waals surface area contributed by atoms with E-state index in [-0.39, 0.29) is 11.1 Å². The molecule has 0 atom stereocenters. The van der Waals surface area contributed by atoms with Crippen molar-refractivity contribution in [1.29, 1.82) is 5.41 Å². The largest absolute Gasteiger partial charge is 0.488 e. The molecule has 0 radical (unpaired) electrons. The normalized spacial score (nSPS) is 15.4. The predicted molar refractivity (Wildman–Crippen MR) is 142 cm³/mol. The van der Waals surface area contributed by atoms with Crippen molar-refractivity contribution >= 4 is 102 Å². The lowest BCUT2D eigenvalue weighted by Gasteiger charge is -2.17. The Morgan fingerprint density at radius 1 is 1.21 bits per heavy atom. The summed E-state index contributed by atoms with van der Waals surface area (Å²) in [6.07, 6.45) is 3.50. The molecule has 0 spiro atoms. The number of nitrogens with one attached hydrogen (secondary N) is 1. The van der Waals surface area contributed by atoms with Gasteiger partial charge in [0.25, 0.3) is 5.91 Å². The fourth-order valence-corrected chi connectivity index (χ4v) is 6.24. The third-order valence-corrected chi connectivity index (χ3v) is 6.88. The third-order valence-electron chi connectivity index (χ3n) is 3.89. The number of amides is 1. The lowest BCUT2D eigenvalue weighted by molar-refractivity contribution is -0.113. The molecule has 1 aliphatic rings. The van der Waals surface area contributed by atoms with E-state index in [9.17, 15) is 4.79 Å². The van der Waals surface area contributed by atoms with Crippen molar-refractivity contribution in [3.05, 3.63) is 69.7 Å². The molecule has 1 heterocycles. The molecule has 1 N–H and O–H groups in total. The molecular formula is C20H15I3N2O2S. The van der Waals surface area contributed by atoms with Crippen LogP contribution in [0, 0.1) is 23.0 Å². The predicted octanol–water partition coefficient (Wildman–Crippen LogP) is 6.43. The Bertz CT molecular complexity index is 1020. The first-order chi connectivity index (χ1) is 13.3. The number of hydrogen-bond donors (Lipinski definition) is 1. The SMILES string of the molecule is C=CCOc1c(I)cc(I)cc1/C=C1\SC(=N)N(c2ccc(I)cc2C)C1=O. The Morgan fingerprint density at radius 3 is 2.64 bits per heavy atom. The van der Waals surface area contributed by atoms with Crippen molar-refractivity contribution in [3.63, 3.8) is 0 Å². The average Bonchev–Trinajstić information content (AvgIpc) is 2.88. The number of benzene rings is 2. The number of ether oxygens (including phenoxy) is 1. The topological polar surface area (TPSA) is 53.4 Å². The van der Waals surface area contributed by atoms with Gasteiger partial charge in [0.1, 0.15) is 12.4 Å². The second-order valence-corrected chi connectivity index (χ2v) is 10.6. The van der Waals surface area contributed by atoms with Crippen LogP contribution in [0.15, 0.2) is 47.9 Å². The molecule has 4 nitrogen and oxygen atoms in total. The highest BCUT2D eigenvalue weighted by Gasteiger charge is 2.34. The van der Waals surface area contributed by atoms with Crippen molar-refractivity contribution in [2.75, 3.05) is 11.5 Å². The molecule has 1 amide bonds. The minimum atomic E-state index is -0.192. The van der Waals surface area contributed by atoms with Crippen LogP contribution in [-0.4, -0.2) is 17.7 Å². The lowest BCUT2D eigenvalue weighted by Crippen LogP contribution is -2.28. The number of carbonyl (C=O) groups excluding carboxylic acids is 1. The lowest BCUT2D eigenvalue weighted by atomic mass is 10.1. The minimum Gasteiger partial charge on any atom is -0.488 e. The number of amidine groups is 1. The van der Waals surface area contributed by atoms with Gasteiger partial charge in [-0.1, -0.05) is 12.7 Å². The van der Waals surface area contributed by atoms with Crippen molar-refractivity contribution in [2.24, 2.45) is 0 Å². The van der Waals surface area contributed by atoms with Gasteiger partial charge in [0.2, 0.25) is 0 Å². The van der Waals surface area contributed by atoms with Crippen LogP contribution in [0.5, 0.6) is 5.75 Å². The summed E-state index contributed by atoms with van der Waals surface area (Å²) in [6.45, 7) is 6.04. The Balaban J connectivity index is 2.01. The fourth-order valence-electron chi connectivity index (χ4n) is 2.70. The number of aryl methyl sites for hydroxylation is 1. The number of thioether (sulfide) groups is 1. The van der Waals surface area contributed by atoms with Gasteiger partial charge in [0.15, 0.2) is 5.17 Å². The van der Waals surface area contributed by atoms with Crippen LogP contribution in [0.2, 0.25) is 0 Å². The highest BCUT2D eigenvalue weighted by Crippen LogP contribution is 2.39. The van der Waals surface area contributed by atoms with E-state index >= 15 is 0 Å². The molecule has 0 bridgehead atoms. The highest BCUT2D eigenvalue weighted by molar-refractivity contribution is 14.1. The summed E-state index contributed by atoms with van der Waals surface area (Å²) in [5.41, 5.74) is 2.53. The van der Waals surface area contributed by atoms with E-state index in [4.69, 9.17) is 10.1 Å². The first-order valence-electron chi connectivity index (χ1n) is 8.13. The van der Waals surface area contributed by atoms with Crippen molar-refractivity contribution in [3.8, 4) is 5.75 Å². The summed E-state index contributed by atoms with van der Waals surface area (Å²) in [7, 11) is 0. The van der Waals surface area contributed by atoms with Gasteiger partial charge in [0.05, 0.1) is 14.2 Å². The van der Waals surface area contributed by atoms with E-state index in [0.29, 0.717) is 11.5 Å². The van der Waals surface area contributed by atoms with Gasteiger partial charge in [-0.2, -0.15) is 0 Å².